The van der Waals surface area contributed by atoms with Gasteiger partial charge in [-0.05, 0) is 20.8 Å². The largest absolute Gasteiger partial charge is 0.355 e. The topological polar surface area (TPSA) is 84.0 Å². The Hall–Kier alpha value is -1.21. The molecule has 1 aromatic rings. The number of nitrogens with one attached hydrogen (secondary N) is 2. The van der Waals surface area contributed by atoms with Gasteiger partial charge in [0.2, 0.25) is 16.0 Å². The van der Waals surface area contributed by atoms with Crippen LogP contribution in [0.25, 0.3) is 0 Å². The van der Waals surface area contributed by atoms with E-state index in [4.69, 9.17) is 0 Å². The summed E-state index contributed by atoms with van der Waals surface area (Å²) in [4.78, 5) is 7.87. The fourth-order valence-electron chi connectivity index (χ4n) is 1.08. The smallest absolute Gasteiger partial charge is 0.243 e. The van der Waals surface area contributed by atoms with Gasteiger partial charge in [-0.3, -0.25) is 0 Å². The summed E-state index contributed by atoms with van der Waals surface area (Å²) in [6, 6.07) is -0.154. The van der Waals surface area contributed by atoms with Crippen molar-refractivity contribution in [3.63, 3.8) is 0 Å². The van der Waals surface area contributed by atoms with Crippen LogP contribution in [0.15, 0.2) is 17.3 Å². The van der Waals surface area contributed by atoms with E-state index in [0.29, 0.717) is 12.5 Å². The summed E-state index contributed by atoms with van der Waals surface area (Å²) in [7, 11) is -3.49. The number of sulfonamides is 1. The first-order valence-electron chi connectivity index (χ1n) is 5.04. The lowest BCUT2D eigenvalue weighted by atomic mass is 10.4. The van der Waals surface area contributed by atoms with E-state index in [2.05, 4.69) is 20.0 Å². The van der Waals surface area contributed by atoms with Gasteiger partial charge in [0.25, 0.3) is 0 Å². The number of hydrogen-bond acceptors (Lipinski definition) is 5. The van der Waals surface area contributed by atoms with E-state index in [-0.39, 0.29) is 10.9 Å². The average Bonchev–Trinajstić information content (AvgIpc) is 2.17. The van der Waals surface area contributed by atoms with Crippen molar-refractivity contribution in [2.75, 3.05) is 11.9 Å². The predicted molar refractivity (Wildman–Crippen MR) is 61.7 cm³/mol. The second-order valence-electron chi connectivity index (χ2n) is 3.55. The molecule has 16 heavy (non-hydrogen) atoms. The van der Waals surface area contributed by atoms with E-state index in [1.165, 1.54) is 12.4 Å². The van der Waals surface area contributed by atoms with Gasteiger partial charge in [-0.25, -0.2) is 23.1 Å². The summed E-state index contributed by atoms with van der Waals surface area (Å²) < 4.78 is 25.9. The van der Waals surface area contributed by atoms with Crippen LogP contribution in [-0.4, -0.2) is 31.0 Å². The fourth-order valence-corrected chi connectivity index (χ4v) is 2.22. The highest BCUT2D eigenvalue weighted by Gasteiger charge is 2.15. The Morgan fingerprint density at radius 3 is 2.31 bits per heavy atom. The Bertz CT molecular complexity index is 427. The first-order valence-corrected chi connectivity index (χ1v) is 6.52. The van der Waals surface area contributed by atoms with E-state index in [1.54, 1.807) is 13.8 Å². The van der Waals surface area contributed by atoms with Crippen LogP contribution in [0, 0.1) is 0 Å². The van der Waals surface area contributed by atoms with E-state index < -0.39 is 10.0 Å². The molecule has 0 saturated carbocycles. The van der Waals surface area contributed by atoms with E-state index in [0.717, 1.165) is 0 Å². The van der Waals surface area contributed by atoms with Crippen LogP contribution in [0.1, 0.15) is 20.8 Å². The van der Waals surface area contributed by atoms with E-state index >= 15 is 0 Å². The number of nitrogens with zero attached hydrogens (tertiary/aromatic N) is 2. The zero-order chi connectivity index (χ0) is 12.2. The zero-order valence-corrected chi connectivity index (χ0v) is 10.4. The molecule has 0 atom stereocenters. The minimum Gasteiger partial charge on any atom is -0.355 e. The van der Waals surface area contributed by atoms with Crippen LogP contribution >= 0.6 is 0 Å². The minimum atomic E-state index is -3.49. The summed E-state index contributed by atoms with van der Waals surface area (Å²) in [5.41, 5.74) is 0. The van der Waals surface area contributed by atoms with Gasteiger partial charge in [-0.15, -0.1) is 0 Å². The Morgan fingerprint density at radius 1 is 1.31 bits per heavy atom. The van der Waals surface area contributed by atoms with E-state index in [9.17, 15) is 8.42 Å². The number of aromatic nitrogens is 2. The van der Waals surface area contributed by atoms with Gasteiger partial charge >= 0.3 is 0 Å². The molecule has 0 amide bonds. The van der Waals surface area contributed by atoms with Crippen molar-refractivity contribution in [3.8, 4) is 0 Å². The molecule has 0 saturated heterocycles. The fraction of sp³-hybridized carbons (Fsp3) is 0.556. The lowest BCUT2D eigenvalue weighted by molar-refractivity contribution is 0.569. The van der Waals surface area contributed by atoms with Crippen molar-refractivity contribution in [3.05, 3.63) is 12.4 Å². The van der Waals surface area contributed by atoms with Crippen LogP contribution < -0.4 is 10.0 Å². The van der Waals surface area contributed by atoms with Crippen molar-refractivity contribution in [1.29, 1.82) is 0 Å². The van der Waals surface area contributed by atoms with E-state index in [1.807, 2.05) is 6.92 Å². The standard InChI is InChI=1S/C9H16N4O2S/c1-4-10-9-11-5-8(6-12-9)16(14,15)13-7(2)3/h5-7,13H,4H2,1-3H3,(H,10,11,12). The Balaban J connectivity index is 2.89. The van der Waals surface area contributed by atoms with Gasteiger partial charge < -0.3 is 5.32 Å². The molecule has 0 unspecified atom stereocenters. The quantitative estimate of drug-likeness (QED) is 0.792. The monoisotopic (exact) mass is 244 g/mol. The Kier molecular flexibility index (Phi) is 4.19. The molecule has 2 N–H and O–H groups in total. The van der Waals surface area contributed by atoms with Gasteiger partial charge in [0.05, 0.1) is 12.4 Å². The van der Waals surface area contributed by atoms with Gasteiger partial charge in [-0.2, -0.15) is 0 Å². The van der Waals surface area contributed by atoms with Crippen molar-refractivity contribution < 1.29 is 8.42 Å². The summed E-state index contributed by atoms with van der Waals surface area (Å²) in [5.74, 6) is 0.422. The van der Waals surface area contributed by atoms with Crippen molar-refractivity contribution in [2.24, 2.45) is 0 Å². The van der Waals surface area contributed by atoms with Crippen LogP contribution in [0.5, 0.6) is 0 Å². The molecular weight excluding hydrogens is 228 g/mol. The molecule has 0 aromatic carbocycles. The molecule has 0 bridgehead atoms. The molecule has 0 aliphatic carbocycles. The first-order chi connectivity index (χ1) is 7.45. The Morgan fingerprint density at radius 2 is 1.88 bits per heavy atom. The third kappa shape index (κ3) is 3.42. The molecule has 6 nitrogen and oxygen atoms in total. The molecular formula is C9H16N4O2S. The summed E-state index contributed by atoms with van der Waals surface area (Å²) >= 11 is 0. The highest BCUT2D eigenvalue weighted by Crippen LogP contribution is 2.07. The molecule has 0 radical (unpaired) electrons. The van der Waals surface area contributed by atoms with Crippen LogP contribution in [0.4, 0.5) is 5.95 Å². The van der Waals surface area contributed by atoms with Gasteiger partial charge in [0.15, 0.2) is 0 Å². The Labute approximate surface area is 95.6 Å². The summed E-state index contributed by atoms with van der Waals surface area (Å²) in [6.45, 7) is 6.11. The van der Waals surface area contributed by atoms with Gasteiger partial charge in [0.1, 0.15) is 4.90 Å². The number of hydrogen-bond donors (Lipinski definition) is 2. The van der Waals surface area contributed by atoms with Crippen LogP contribution in [-0.2, 0) is 10.0 Å². The zero-order valence-electron chi connectivity index (χ0n) is 9.56. The molecule has 0 spiro atoms. The highest BCUT2D eigenvalue weighted by atomic mass is 32.2. The number of anilines is 1. The molecule has 90 valence electrons. The van der Waals surface area contributed by atoms with Gasteiger partial charge in [0, 0.05) is 12.6 Å². The summed E-state index contributed by atoms with van der Waals surface area (Å²) in [5, 5.41) is 2.89. The third-order valence-electron chi connectivity index (χ3n) is 1.66. The molecule has 1 rings (SSSR count). The predicted octanol–water partition coefficient (Wildman–Crippen LogP) is 0.595. The molecule has 0 aliphatic rings. The maximum atomic E-state index is 11.7. The van der Waals surface area contributed by atoms with Crippen molar-refractivity contribution in [1.82, 2.24) is 14.7 Å². The maximum Gasteiger partial charge on any atom is 0.243 e. The van der Waals surface area contributed by atoms with Crippen LogP contribution in [0.3, 0.4) is 0 Å². The second-order valence-corrected chi connectivity index (χ2v) is 5.26. The molecule has 1 aromatic heterocycles. The molecule has 0 aliphatic heterocycles. The first kappa shape index (κ1) is 12.9. The second kappa shape index (κ2) is 5.22. The normalized spacial score (nSPS) is 11.8. The SMILES string of the molecule is CCNc1ncc(S(=O)(=O)NC(C)C)cn1. The lowest BCUT2D eigenvalue weighted by Crippen LogP contribution is -2.30. The maximum absolute atomic E-state index is 11.7. The van der Waals surface area contributed by atoms with Crippen LogP contribution in [0.2, 0.25) is 0 Å². The lowest BCUT2D eigenvalue weighted by Gasteiger charge is -2.09. The molecule has 0 fully saturated rings. The summed E-state index contributed by atoms with van der Waals surface area (Å²) in [6.07, 6.45) is 2.57. The van der Waals surface area contributed by atoms with Crippen molar-refractivity contribution in [2.45, 2.75) is 31.7 Å². The highest BCUT2D eigenvalue weighted by molar-refractivity contribution is 7.89. The third-order valence-corrected chi connectivity index (χ3v) is 3.28. The number of rotatable bonds is 5. The molecule has 1 heterocycles. The average molecular weight is 244 g/mol. The van der Waals surface area contributed by atoms with Crippen molar-refractivity contribution >= 4 is 16.0 Å². The minimum absolute atomic E-state index is 0.0721. The van der Waals surface area contributed by atoms with Gasteiger partial charge in [-0.1, -0.05) is 0 Å². The molecule has 7 heteroatoms.